The SMILES string of the molecule is N#Cc1ccc(CCl)c(Br)c1C(=O)O. The fourth-order valence-electron chi connectivity index (χ4n) is 1.02. The number of alkyl halides is 1. The van der Waals surface area contributed by atoms with E-state index in [-0.39, 0.29) is 17.0 Å². The Kier molecular flexibility index (Phi) is 3.50. The molecule has 1 N–H and O–H groups in total. The second-order valence-corrected chi connectivity index (χ2v) is 3.57. The van der Waals surface area contributed by atoms with Crippen molar-refractivity contribution in [3.63, 3.8) is 0 Å². The van der Waals surface area contributed by atoms with Gasteiger partial charge < -0.3 is 5.11 Å². The first kappa shape index (κ1) is 11.0. The number of aromatic carboxylic acids is 1. The number of halogens is 2. The summed E-state index contributed by atoms with van der Waals surface area (Å²) in [6, 6.07) is 4.89. The number of rotatable bonds is 2. The molecular weight excluding hydrogens is 269 g/mol. The summed E-state index contributed by atoms with van der Waals surface area (Å²) < 4.78 is 0.374. The fraction of sp³-hybridized carbons (Fsp3) is 0.111. The fourth-order valence-corrected chi connectivity index (χ4v) is 2.06. The van der Waals surface area contributed by atoms with Crippen molar-refractivity contribution in [2.24, 2.45) is 0 Å². The van der Waals surface area contributed by atoms with E-state index >= 15 is 0 Å². The van der Waals surface area contributed by atoms with Crippen molar-refractivity contribution in [3.05, 3.63) is 33.3 Å². The molecule has 0 amide bonds. The smallest absolute Gasteiger partial charge is 0.338 e. The topological polar surface area (TPSA) is 61.1 Å². The number of hydrogen-bond donors (Lipinski definition) is 1. The van der Waals surface area contributed by atoms with Crippen molar-refractivity contribution >= 4 is 33.5 Å². The molecule has 0 aromatic heterocycles. The maximum Gasteiger partial charge on any atom is 0.338 e. The Hall–Kier alpha value is -1.05. The van der Waals surface area contributed by atoms with E-state index in [0.717, 1.165) is 0 Å². The van der Waals surface area contributed by atoms with Crippen molar-refractivity contribution in [2.45, 2.75) is 5.88 Å². The average Bonchev–Trinajstić information content (AvgIpc) is 2.16. The minimum Gasteiger partial charge on any atom is -0.478 e. The standard InChI is InChI=1S/C9H5BrClNO2/c10-8-5(3-11)1-2-6(4-12)7(8)9(13)14/h1-2H,3H2,(H,13,14). The second-order valence-electron chi connectivity index (χ2n) is 2.51. The molecule has 0 unspecified atom stereocenters. The molecule has 0 fully saturated rings. The van der Waals surface area contributed by atoms with Crippen LogP contribution in [0.5, 0.6) is 0 Å². The summed E-state index contributed by atoms with van der Waals surface area (Å²) in [6.07, 6.45) is 0. The molecule has 0 bridgehead atoms. The molecular formula is C9H5BrClNO2. The quantitative estimate of drug-likeness (QED) is 0.844. The normalized spacial score (nSPS) is 9.50. The number of hydrogen-bond acceptors (Lipinski definition) is 2. The molecule has 0 atom stereocenters. The van der Waals surface area contributed by atoms with E-state index < -0.39 is 5.97 Å². The number of carboxylic acids is 1. The highest BCUT2D eigenvalue weighted by molar-refractivity contribution is 9.10. The molecule has 72 valence electrons. The Labute approximate surface area is 94.0 Å². The van der Waals surface area contributed by atoms with Gasteiger partial charge in [0.25, 0.3) is 0 Å². The van der Waals surface area contributed by atoms with Crippen LogP contribution >= 0.6 is 27.5 Å². The average molecular weight is 275 g/mol. The van der Waals surface area contributed by atoms with Gasteiger partial charge in [-0.3, -0.25) is 0 Å². The molecule has 0 aliphatic rings. The molecule has 1 aromatic rings. The monoisotopic (exact) mass is 273 g/mol. The summed E-state index contributed by atoms with van der Waals surface area (Å²) in [5.41, 5.74) is 0.743. The number of nitriles is 1. The van der Waals surface area contributed by atoms with Gasteiger partial charge in [-0.1, -0.05) is 6.07 Å². The first-order chi connectivity index (χ1) is 6.61. The van der Waals surface area contributed by atoms with E-state index in [9.17, 15) is 4.79 Å². The van der Waals surface area contributed by atoms with Gasteiger partial charge in [0, 0.05) is 10.4 Å². The number of benzene rings is 1. The van der Waals surface area contributed by atoms with Gasteiger partial charge in [-0.05, 0) is 27.6 Å². The highest BCUT2D eigenvalue weighted by atomic mass is 79.9. The molecule has 0 saturated carbocycles. The van der Waals surface area contributed by atoms with Gasteiger partial charge in [-0.25, -0.2) is 4.79 Å². The van der Waals surface area contributed by atoms with Crippen LogP contribution in [0, 0.1) is 11.3 Å². The van der Waals surface area contributed by atoms with Crippen LogP contribution in [0.1, 0.15) is 21.5 Å². The number of nitrogens with zero attached hydrogens (tertiary/aromatic N) is 1. The summed E-state index contributed by atoms with van der Waals surface area (Å²) in [5.74, 6) is -0.938. The second kappa shape index (κ2) is 4.45. The van der Waals surface area contributed by atoms with Crippen molar-refractivity contribution in [1.29, 1.82) is 5.26 Å². The van der Waals surface area contributed by atoms with E-state index in [0.29, 0.717) is 10.0 Å². The molecule has 0 radical (unpaired) electrons. The first-order valence-corrected chi connectivity index (χ1v) is 4.95. The summed E-state index contributed by atoms with van der Waals surface area (Å²) >= 11 is 8.72. The molecule has 0 saturated heterocycles. The van der Waals surface area contributed by atoms with Crippen LogP contribution in [0.25, 0.3) is 0 Å². The minimum absolute atomic E-state index is 0.0364. The maximum atomic E-state index is 10.8. The van der Waals surface area contributed by atoms with Crippen molar-refractivity contribution < 1.29 is 9.90 Å². The van der Waals surface area contributed by atoms with Crippen LogP contribution in [-0.4, -0.2) is 11.1 Å². The molecule has 0 heterocycles. The van der Waals surface area contributed by atoms with Crippen molar-refractivity contribution in [2.75, 3.05) is 0 Å². The summed E-state index contributed by atoms with van der Waals surface area (Å²) in [7, 11) is 0. The molecule has 5 heteroatoms. The Morgan fingerprint density at radius 2 is 2.29 bits per heavy atom. The Morgan fingerprint density at radius 3 is 2.71 bits per heavy atom. The van der Waals surface area contributed by atoms with Crippen LogP contribution in [0.15, 0.2) is 16.6 Å². The zero-order valence-corrected chi connectivity index (χ0v) is 9.26. The molecule has 0 aliphatic carbocycles. The van der Waals surface area contributed by atoms with Crippen LogP contribution in [-0.2, 0) is 5.88 Å². The largest absolute Gasteiger partial charge is 0.478 e. The zero-order valence-electron chi connectivity index (χ0n) is 6.92. The highest BCUT2D eigenvalue weighted by Crippen LogP contribution is 2.26. The van der Waals surface area contributed by atoms with Crippen LogP contribution in [0.2, 0.25) is 0 Å². The van der Waals surface area contributed by atoms with E-state index in [1.54, 1.807) is 6.07 Å². The lowest BCUT2D eigenvalue weighted by atomic mass is 10.1. The molecule has 0 aliphatic heterocycles. The van der Waals surface area contributed by atoms with Crippen molar-refractivity contribution in [3.8, 4) is 6.07 Å². The van der Waals surface area contributed by atoms with Crippen LogP contribution in [0.3, 0.4) is 0 Å². The summed E-state index contributed by atoms with van der Waals surface area (Å²) in [6.45, 7) is 0. The van der Waals surface area contributed by atoms with Crippen LogP contribution in [0.4, 0.5) is 0 Å². The summed E-state index contributed by atoms with van der Waals surface area (Å²) in [5, 5.41) is 17.6. The summed E-state index contributed by atoms with van der Waals surface area (Å²) in [4.78, 5) is 10.8. The highest BCUT2D eigenvalue weighted by Gasteiger charge is 2.16. The number of carbonyl (C=O) groups is 1. The van der Waals surface area contributed by atoms with Gasteiger partial charge in [0.05, 0.1) is 11.1 Å². The third-order valence-corrected chi connectivity index (χ3v) is 2.89. The predicted molar refractivity (Wildman–Crippen MR) is 55.4 cm³/mol. The maximum absolute atomic E-state index is 10.8. The van der Waals surface area contributed by atoms with Crippen molar-refractivity contribution in [1.82, 2.24) is 0 Å². The lowest BCUT2D eigenvalue weighted by Crippen LogP contribution is -2.03. The first-order valence-electron chi connectivity index (χ1n) is 3.62. The Morgan fingerprint density at radius 1 is 1.64 bits per heavy atom. The molecule has 3 nitrogen and oxygen atoms in total. The van der Waals surface area contributed by atoms with E-state index in [4.69, 9.17) is 22.0 Å². The number of carboxylic acid groups (broad SMARTS) is 1. The predicted octanol–water partition coefficient (Wildman–Crippen LogP) is 2.76. The van der Waals surface area contributed by atoms with Gasteiger partial charge in [-0.15, -0.1) is 11.6 Å². The Bertz CT molecular complexity index is 426. The molecule has 1 aromatic carbocycles. The van der Waals surface area contributed by atoms with E-state index in [2.05, 4.69) is 15.9 Å². The molecule has 0 spiro atoms. The zero-order chi connectivity index (χ0) is 10.7. The molecule has 14 heavy (non-hydrogen) atoms. The Balaban J connectivity index is 3.49. The minimum atomic E-state index is -1.14. The molecule has 1 rings (SSSR count). The van der Waals surface area contributed by atoms with Gasteiger partial charge in [0.2, 0.25) is 0 Å². The lowest BCUT2D eigenvalue weighted by molar-refractivity contribution is 0.0695. The van der Waals surface area contributed by atoms with Gasteiger partial charge >= 0.3 is 5.97 Å². The third kappa shape index (κ3) is 1.89. The van der Waals surface area contributed by atoms with Gasteiger partial charge in [0.15, 0.2) is 0 Å². The van der Waals surface area contributed by atoms with Gasteiger partial charge in [-0.2, -0.15) is 5.26 Å². The lowest BCUT2D eigenvalue weighted by Gasteiger charge is -2.05. The van der Waals surface area contributed by atoms with Gasteiger partial charge in [0.1, 0.15) is 6.07 Å². The van der Waals surface area contributed by atoms with E-state index in [1.165, 1.54) is 6.07 Å². The van der Waals surface area contributed by atoms with E-state index in [1.807, 2.05) is 6.07 Å². The third-order valence-electron chi connectivity index (χ3n) is 1.70. The van der Waals surface area contributed by atoms with Crippen LogP contribution < -0.4 is 0 Å².